The van der Waals surface area contributed by atoms with Gasteiger partial charge in [-0.3, -0.25) is 9.59 Å². The van der Waals surface area contributed by atoms with Crippen LogP contribution in [0.25, 0.3) is 16.6 Å². The molecule has 0 radical (unpaired) electrons. The lowest BCUT2D eigenvalue weighted by molar-refractivity contribution is -0.121. The van der Waals surface area contributed by atoms with Crippen LogP contribution in [0, 0.1) is 0 Å². The minimum Gasteiger partial charge on any atom is -0.355 e. The van der Waals surface area contributed by atoms with E-state index in [0.29, 0.717) is 28.7 Å². The molecule has 3 aromatic rings. The monoisotopic (exact) mass is 385 g/mol. The zero-order valence-electron chi connectivity index (χ0n) is 15.0. The van der Waals surface area contributed by atoms with Gasteiger partial charge in [0.15, 0.2) is 0 Å². The molecule has 2 aromatic heterocycles. The van der Waals surface area contributed by atoms with Gasteiger partial charge in [0, 0.05) is 22.9 Å². The highest BCUT2D eigenvalue weighted by Gasteiger charge is 2.30. The molecule has 1 N–H and O–H groups in total. The van der Waals surface area contributed by atoms with Crippen LogP contribution in [0.3, 0.4) is 0 Å². The molecule has 27 heavy (non-hydrogen) atoms. The molecule has 0 spiro atoms. The zero-order chi connectivity index (χ0) is 19.0. The van der Waals surface area contributed by atoms with Crippen molar-refractivity contribution in [2.75, 3.05) is 6.54 Å². The van der Waals surface area contributed by atoms with Crippen molar-refractivity contribution >= 4 is 28.4 Å². The summed E-state index contributed by atoms with van der Waals surface area (Å²) in [6.07, 6.45) is 4.58. The Morgan fingerprint density at radius 1 is 1.37 bits per heavy atom. The molecular formula is C19H20ClN5O2. The first-order valence-electron chi connectivity index (χ1n) is 9.10. The molecule has 7 nitrogen and oxygen atoms in total. The van der Waals surface area contributed by atoms with E-state index < -0.39 is 0 Å². The van der Waals surface area contributed by atoms with Crippen LogP contribution in [-0.2, 0) is 11.3 Å². The lowest BCUT2D eigenvalue weighted by atomic mass is 10.2. The first-order chi connectivity index (χ1) is 13.1. The molecule has 140 valence electrons. The number of benzene rings is 1. The number of amides is 1. The number of nitrogens with one attached hydrogen (secondary N) is 1. The Kier molecular flexibility index (Phi) is 4.70. The number of hydrogen-bond donors (Lipinski definition) is 1. The van der Waals surface area contributed by atoms with Gasteiger partial charge in [0.25, 0.3) is 5.56 Å². The third kappa shape index (κ3) is 3.47. The van der Waals surface area contributed by atoms with Crippen LogP contribution < -0.4 is 10.9 Å². The van der Waals surface area contributed by atoms with E-state index in [2.05, 4.69) is 15.5 Å². The highest BCUT2D eigenvalue weighted by atomic mass is 35.5. The molecule has 0 unspecified atom stereocenters. The predicted octanol–water partition coefficient (Wildman–Crippen LogP) is 2.64. The topological polar surface area (TPSA) is 81.8 Å². The predicted molar refractivity (Wildman–Crippen MR) is 103 cm³/mol. The molecule has 1 aliphatic carbocycles. The Morgan fingerprint density at radius 3 is 2.89 bits per heavy atom. The van der Waals surface area contributed by atoms with Gasteiger partial charge in [-0.05, 0) is 37.5 Å². The third-order valence-electron chi connectivity index (χ3n) is 4.59. The van der Waals surface area contributed by atoms with E-state index in [1.807, 2.05) is 19.1 Å². The fourth-order valence-corrected chi connectivity index (χ4v) is 3.30. The van der Waals surface area contributed by atoms with Gasteiger partial charge in [-0.15, -0.1) is 0 Å². The van der Waals surface area contributed by atoms with E-state index in [1.165, 1.54) is 4.68 Å². The summed E-state index contributed by atoms with van der Waals surface area (Å²) < 4.78 is 2.83. The summed E-state index contributed by atoms with van der Waals surface area (Å²) in [4.78, 5) is 25.2. The maximum absolute atomic E-state index is 13.1. The van der Waals surface area contributed by atoms with Crippen molar-refractivity contribution in [3.05, 3.63) is 51.5 Å². The molecule has 0 saturated heterocycles. The van der Waals surface area contributed by atoms with E-state index in [9.17, 15) is 9.59 Å². The lowest BCUT2D eigenvalue weighted by Gasteiger charge is -2.10. The quantitative estimate of drug-likeness (QED) is 0.707. The van der Waals surface area contributed by atoms with E-state index in [1.54, 1.807) is 23.0 Å². The van der Waals surface area contributed by atoms with Crippen molar-refractivity contribution in [2.24, 2.45) is 0 Å². The fraction of sp³-hybridized carbons (Fsp3) is 0.368. The zero-order valence-corrected chi connectivity index (χ0v) is 15.7. The van der Waals surface area contributed by atoms with E-state index in [-0.39, 0.29) is 18.0 Å². The van der Waals surface area contributed by atoms with Crippen LogP contribution in [0.1, 0.15) is 37.8 Å². The van der Waals surface area contributed by atoms with Gasteiger partial charge in [-0.2, -0.15) is 10.2 Å². The fourth-order valence-electron chi connectivity index (χ4n) is 3.12. The van der Waals surface area contributed by atoms with Crippen LogP contribution in [0.5, 0.6) is 0 Å². The summed E-state index contributed by atoms with van der Waals surface area (Å²) in [7, 11) is 0. The van der Waals surface area contributed by atoms with Crippen LogP contribution in [0.2, 0.25) is 5.02 Å². The second-order valence-corrected chi connectivity index (χ2v) is 7.21. The Labute approximate surface area is 160 Å². The van der Waals surface area contributed by atoms with Crippen molar-refractivity contribution in [2.45, 2.75) is 38.6 Å². The van der Waals surface area contributed by atoms with Gasteiger partial charge in [0.2, 0.25) is 5.91 Å². The first kappa shape index (κ1) is 17.7. The third-order valence-corrected chi connectivity index (χ3v) is 4.83. The van der Waals surface area contributed by atoms with Crippen LogP contribution in [0.15, 0.2) is 35.3 Å². The minimum atomic E-state index is -0.335. The summed E-state index contributed by atoms with van der Waals surface area (Å²) in [5, 5.41) is 13.0. The first-order valence-corrected chi connectivity index (χ1v) is 9.47. The Hall–Kier alpha value is -2.67. The summed E-state index contributed by atoms with van der Waals surface area (Å²) in [6.45, 7) is 2.45. The van der Waals surface area contributed by atoms with Gasteiger partial charge >= 0.3 is 0 Å². The van der Waals surface area contributed by atoms with Crippen LogP contribution in [0.4, 0.5) is 0 Å². The van der Waals surface area contributed by atoms with Gasteiger partial charge in [0.05, 0.1) is 17.6 Å². The molecule has 1 amide bonds. The molecule has 4 rings (SSSR count). The number of hydrogen-bond acceptors (Lipinski definition) is 4. The van der Waals surface area contributed by atoms with Crippen molar-refractivity contribution < 1.29 is 4.79 Å². The van der Waals surface area contributed by atoms with Crippen LogP contribution >= 0.6 is 11.6 Å². The number of halogens is 1. The normalized spacial score (nSPS) is 13.9. The molecule has 1 aliphatic rings. The van der Waals surface area contributed by atoms with Gasteiger partial charge in [-0.25, -0.2) is 9.36 Å². The average Bonchev–Trinajstić information content (AvgIpc) is 3.40. The Bertz CT molecular complexity index is 1070. The highest BCUT2D eigenvalue weighted by Crippen LogP contribution is 2.41. The molecule has 0 bridgehead atoms. The molecule has 1 aromatic carbocycles. The van der Waals surface area contributed by atoms with Crippen molar-refractivity contribution in [3.8, 4) is 5.69 Å². The highest BCUT2D eigenvalue weighted by molar-refractivity contribution is 6.30. The summed E-state index contributed by atoms with van der Waals surface area (Å²) in [6, 6.07) is 7.17. The smallest absolute Gasteiger partial charge is 0.293 e. The van der Waals surface area contributed by atoms with Crippen LogP contribution in [-0.4, -0.2) is 32.0 Å². The summed E-state index contributed by atoms with van der Waals surface area (Å²) >= 11 is 6.10. The molecule has 2 heterocycles. The number of rotatable bonds is 6. The second-order valence-electron chi connectivity index (χ2n) is 6.77. The molecule has 1 fully saturated rings. The van der Waals surface area contributed by atoms with Gasteiger partial charge in [-0.1, -0.05) is 24.6 Å². The lowest BCUT2D eigenvalue weighted by Crippen LogP contribution is -2.35. The molecule has 0 atom stereocenters. The van der Waals surface area contributed by atoms with E-state index >= 15 is 0 Å². The molecule has 0 aliphatic heterocycles. The van der Waals surface area contributed by atoms with Crippen molar-refractivity contribution in [3.63, 3.8) is 0 Å². The van der Waals surface area contributed by atoms with E-state index in [0.717, 1.165) is 30.3 Å². The van der Waals surface area contributed by atoms with Crippen molar-refractivity contribution in [1.29, 1.82) is 0 Å². The van der Waals surface area contributed by atoms with Gasteiger partial charge in [0.1, 0.15) is 12.1 Å². The number of carbonyl (C=O) groups excluding carboxylic acids is 1. The van der Waals surface area contributed by atoms with Gasteiger partial charge < -0.3 is 5.32 Å². The second kappa shape index (κ2) is 7.15. The Balaban J connectivity index is 1.85. The maximum atomic E-state index is 13.1. The average molecular weight is 386 g/mol. The number of aromatic nitrogens is 4. The SMILES string of the molecule is CCCNC(=O)Cn1nc(C2CC2)c2cnn(-c3cccc(Cl)c3)c2c1=O. The number of carbonyl (C=O) groups is 1. The largest absolute Gasteiger partial charge is 0.355 e. The summed E-state index contributed by atoms with van der Waals surface area (Å²) in [5.74, 6) is 0.0939. The number of nitrogens with zero attached hydrogens (tertiary/aromatic N) is 4. The van der Waals surface area contributed by atoms with E-state index in [4.69, 9.17) is 11.6 Å². The minimum absolute atomic E-state index is 0.102. The summed E-state index contributed by atoms with van der Waals surface area (Å²) in [5.41, 5.74) is 1.63. The van der Waals surface area contributed by atoms with Crippen molar-refractivity contribution in [1.82, 2.24) is 24.9 Å². The molecule has 8 heteroatoms. The number of fused-ring (bicyclic) bond motifs is 1. The standard InChI is InChI=1S/C19H20ClN5O2/c1-2-8-21-16(26)11-24-19(27)18-15(17(23-24)12-6-7-12)10-22-25(18)14-5-3-4-13(20)9-14/h3-5,9-10,12H,2,6-8,11H2,1H3,(H,21,26). The molecular weight excluding hydrogens is 366 g/mol. The maximum Gasteiger partial charge on any atom is 0.293 e. The Morgan fingerprint density at radius 2 is 2.19 bits per heavy atom. The molecule has 1 saturated carbocycles.